The molecule has 4 aromatic rings. The molecule has 8 heteroatoms. The second-order valence-corrected chi connectivity index (χ2v) is 10.5. The molecule has 0 bridgehead atoms. The summed E-state index contributed by atoms with van der Waals surface area (Å²) in [7, 11) is 1.66. The number of carbonyl (C=O) groups excluding carboxylic acids is 2. The minimum Gasteiger partial charge on any atom is -0.493 e. The lowest BCUT2D eigenvalue weighted by Gasteiger charge is -2.27. The van der Waals surface area contributed by atoms with Crippen LogP contribution in [0.4, 0.5) is 11.4 Å². The van der Waals surface area contributed by atoms with Crippen molar-refractivity contribution in [2.45, 2.75) is 38.3 Å². The molecule has 8 nitrogen and oxygen atoms in total. The SMILES string of the molecule is COc1ccc(N(Cc2cccnc2)c2ccc(OCCN3C(=O)c4ccccc4C3=O)cc2)cc1OC1CCCC1. The number of ether oxygens (including phenoxy) is 3. The number of methoxy groups -OCH3 is 1. The zero-order valence-corrected chi connectivity index (χ0v) is 23.6. The number of carbonyl (C=O) groups is 2. The largest absolute Gasteiger partial charge is 0.493 e. The third-order valence-corrected chi connectivity index (χ3v) is 7.73. The van der Waals surface area contributed by atoms with Crippen molar-refractivity contribution >= 4 is 23.2 Å². The number of fused-ring (bicyclic) bond motifs is 1. The maximum atomic E-state index is 12.6. The normalized spacial score (nSPS) is 14.6. The van der Waals surface area contributed by atoms with Gasteiger partial charge in [0.25, 0.3) is 11.8 Å². The van der Waals surface area contributed by atoms with Crippen molar-refractivity contribution in [2.24, 2.45) is 0 Å². The van der Waals surface area contributed by atoms with E-state index in [4.69, 9.17) is 14.2 Å². The molecule has 1 saturated carbocycles. The van der Waals surface area contributed by atoms with Gasteiger partial charge in [0.2, 0.25) is 0 Å². The van der Waals surface area contributed by atoms with E-state index in [1.54, 1.807) is 37.6 Å². The Morgan fingerprint density at radius 1 is 0.857 bits per heavy atom. The van der Waals surface area contributed by atoms with Gasteiger partial charge in [-0.05, 0) is 85.8 Å². The summed E-state index contributed by atoms with van der Waals surface area (Å²) in [6, 6.07) is 24.7. The number of aromatic nitrogens is 1. The minimum atomic E-state index is -0.281. The third kappa shape index (κ3) is 5.79. The van der Waals surface area contributed by atoms with Gasteiger partial charge in [-0.25, -0.2) is 0 Å². The first kappa shape index (κ1) is 27.3. The van der Waals surface area contributed by atoms with E-state index < -0.39 is 0 Å². The Hall–Kier alpha value is -4.85. The van der Waals surface area contributed by atoms with Crippen molar-refractivity contribution in [1.29, 1.82) is 0 Å². The van der Waals surface area contributed by atoms with Crippen LogP contribution >= 0.6 is 0 Å². The van der Waals surface area contributed by atoms with Gasteiger partial charge in [-0.3, -0.25) is 19.5 Å². The van der Waals surface area contributed by atoms with Crippen LogP contribution in [0.2, 0.25) is 0 Å². The summed E-state index contributed by atoms with van der Waals surface area (Å²) >= 11 is 0. The molecule has 42 heavy (non-hydrogen) atoms. The first-order valence-electron chi connectivity index (χ1n) is 14.3. The van der Waals surface area contributed by atoms with Crippen LogP contribution in [0.15, 0.2) is 91.3 Å². The van der Waals surface area contributed by atoms with Crippen molar-refractivity contribution in [3.8, 4) is 17.2 Å². The Morgan fingerprint density at radius 2 is 1.57 bits per heavy atom. The van der Waals surface area contributed by atoms with E-state index in [-0.39, 0.29) is 31.1 Å². The quantitative estimate of drug-likeness (QED) is 0.195. The van der Waals surface area contributed by atoms with E-state index in [0.29, 0.717) is 29.2 Å². The maximum Gasteiger partial charge on any atom is 0.261 e. The number of nitrogens with zero attached hydrogens (tertiary/aromatic N) is 3. The third-order valence-electron chi connectivity index (χ3n) is 7.73. The summed E-state index contributed by atoms with van der Waals surface area (Å²) in [4.78, 5) is 33.0. The lowest BCUT2D eigenvalue weighted by atomic mass is 10.1. The van der Waals surface area contributed by atoms with E-state index in [9.17, 15) is 9.59 Å². The molecule has 3 aromatic carbocycles. The van der Waals surface area contributed by atoms with Crippen molar-refractivity contribution in [1.82, 2.24) is 9.88 Å². The number of hydrogen-bond acceptors (Lipinski definition) is 7. The van der Waals surface area contributed by atoms with Crippen LogP contribution in [0.25, 0.3) is 0 Å². The standard InChI is InChI=1S/C34H33N3O5/c1-40-31-17-14-26(21-32(31)42-28-8-2-3-9-28)37(23-24-7-6-18-35-22-24)25-12-15-27(16-13-25)41-20-19-36-33(38)29-10-4-5-11-30(29)34(36)39/h4-7,10-18,21-22,28H,2-3,8-9,19-20,23H2,1H3. The van der Waals surface area contributed by atoms with Crippen LogP contribution in [-0.4, -0.2) is 48.1 Å². The van der Waals surface area contributed by atoms with Crippen molar-refractivity contribution < 1.29 is 23.8 Å². The van der Waals surface area contributed by atoms with Gasteiger partial charge in [0.15, 0.2) is 11.5 Å². The number of rotatable bonds is 11. The molecule has 0 radical (unpaired) electrons. The Bertz CT molecular complexity index is 1520. The highest BCUT2D eigenvalue weighted by atomic mass is 16.5. The zero-order chi connectivity index (χ0) is 28.9. The van der Waals surface area contributed by atoms with Gasteiger partial charge in [0, 0.05) is 36.4 Å². The number of imide groups is 1. The minimum absolute atomic E-state index is 0.177. The molecule has 1 aliphatic carbocycles. The average molecular weight is 564 g/mol. The highest BCUT2D eigenvalue weighted by Crippen LogP contribution is 2.38. The lowest BCUT2D eigenvalue weighted by molar-refractivity contribution is 0.0631. The van der Waals surface area contributed by atoms with Crippen molar-refractivity contribution in [3.63, 3.8) is 0 Å². The topological polar surface area (TPSA) is 81.2 Å². The fraction of sp³-hybridized carbons (Fsp3) is 0.265. The maximum absolute atomic E-state index is 12.6. The van der Waals surface area contributed by atoms with Gasteiger partial charge >= 0.3 is 0 Å². The molecule has 1 aliphatic heterocycles. The average Bonchev–Trinajstić information content (AvgIpc) is 3.63. The smallest absolute Gasteiger partial charge is 0.261 e. The Kier molecular flexibility index (Phi) is 8.03. The summed E-state index contributed by atoms with van der Waals surface area (Å²) in [5.41, 5.74) is 3.87. The van der Waals surface area contributed by atoms with Gasteiger partial charge in [-0.2, -0.15) is 0 Å². The van der Waals surface area contributed by atoms with E-state index in [1.807, 2.05) is 54.7 Å². The number of benzene rings is 3. The summed E-state index contributed by atoms with van der Waals surface area (Å²) < 4.78 is 17.9. The predicted molar refractivity (Wildman–Crippen MR) is 160 cm³/mol. The zero-order valence-electron chi connectivity index (χ0n) is 23.6. The number of amides is 2. The fourth-order valence-electron chi connectivity index (χ4n) is 5.54. The first-order chi connectivity index (χ1) is 20.6. The molecule has 1 aromatic heterocycles. The molecule has 6 rings (SSSR count). The molecule has 2 aliphatic rings. The summed E-state index contributed by atoms with van der Waals surface area (Å²) in [6.45, 7) is 0.977. The number of anilines is 2. The first-order valence-corrected chi connectivity index (χ1v) is 14.3. The molecule has 0 atom stereocenters. The Balaban J connectivity index is 1.18. The molecule has 214 valence electrons. The Labute approximate surface area is 245 Å². The number of hydrogen-bond donors (Lipinski definition) is 0. The van der Waals surface area contributed by atoms with E-state index in [2.05, 4.69) is 16.0 Å². The van der Waals surface area contributed by atoms with Crippen LogP contribution in [0.3, 0.4) is 0 Å². The van der Waals surface area contributed by atoms with Crippen molar-refractivity contribution in [3.05, 3.63) is 108 Å². The summed E-state index contributed by atoms with van der Waals surface area (Å²) in [5, 5.41) is 0. The van der Waals surface area contributed by atoms with Crippen LogP contribution in [-0.2, 0) is 6.54 Å². The molecule has 0 saturated heterocycles. The molecule has 1 fully saturated rings. The van der Waals surface area contributed by atoms with Crippen LogP contribution in [0, 0.1) is 0 Å². The Morgan fingerprint density at radius 3 is 2.24 bits per heavy atom. The fourth-order valence-corrected chi connectivity index (χ4v) is 5.54. The van der Waals surface area contributed by atoms with E-state index in [1.165, 1.54) is 17.7 Å². The monoisotopic (exact) mass is 563 g/mol. The van der Waals surface area contributed by atoms with Crippen LogP contribution in [0.1, 0.15) is 52.0 Å². The second-order valence-electron chi connectivity index (χ2n) is 10.5. The number of pyridine rings is 1. The highest BCUT2D eigenvalue weighted by molar-refractivity contribution is 6.21. The predicted octanol–water partition coefficient (Wildman–Crippen LogP) is 6.42. The summed E-state index contributed by atoms with van der Waals surface area (Å²) in [6.07, 6.45) is 8.32. The molecule has 0 unspecified atom stereocenters. The molecule has 0 spiro atoms. The van der Waals surface area contributed by atoms with Crippen molar-refractivity contribution in [2.75, 3.05) is 25.2 Å². The van der Waals surface area contributed by atoms with Gasteiger partial charge in [0.1, 0.15) is 12.4 Å². The highest BCUT2D eigenvalue weighted by Gasteiger charge is 2.34. The van der Waals surface area contributed by atoms with E-state index in [0.717, 1.165) is 35.5 Å². The molecule has 0 N–H and O–H groups in total. The molecule has 2 amide bonds. The lowest BCUT2D eigenvalue weighted by Crippen LogP contribution is -2.33. The van der Waals surface area contributed by atoms with Gasteiger partial charge < -0.3 is 19.1 Å². The second kappa shape index (κ2) is 12.3. The summed E-state index contributed by atoms with van der Waals surface area (Å²) in [5.74, 6) is 1.55. The van der Waals surface area contributed by atoms with Gasteiger partial charge in [0.05, 0.1) is 30.9 Å². The van der Waals surface area contributed by atoms with Gasteiger partial charge in [-0.15, -0.1) is 0 Å². The van der Waals surface area contributed by atoms with Crippen LogP contribution < -0.4 is 19.1 Å². The van der Waals surface area contributed by atoms with E-state index >= 15 is 0 Å². The molecular formula is C34H33N3O5. The van der Waals surface area contributed by atoms with Gasteiger partial charge in [-0.1, -0.05) is 18.2 Å². The molecule has 2 heterocycles. The molecular weight excluding hydrogens is 530 g/mol. The van der Waals surface area contributed by atoms with Crippen LogP contribution in [0.5, 0.6) is 17.2 Å².